The van der Waals surface area contributed by atoms with Gasteiger partial charge >= 0.3 is 108 Å². The van der Waals surface area contributed by atoms with Gasteiger partial charge in [0.2, 0.25) is 0 Å². The van der Waals surface area contributed by atoms with Crippen LogP contribution in [0.4, 0.5) is 0 Å². The van der Waals surface area contributed by atoms with Crippen LogP contribution >= 0.6 is 15.6 Å². The maximum Gasteiger partial charge on any atom is 2.00 e. The van der Waals surface area contributed by atoms with Gasteiger partial charge in [0.25, 0.3) is 0 Å². The van der Waals surface area contributed by atoms with Crippen molar-refractivity contribution in [3.8, 4) is 0 Å². The van der Waals surface area contributed by atoms with Gasteiger partial charge in [-0.2, -0.15) is 15.6 Å². The van der Waals surface area contributed by atoms with Crippen molar-refractivity contribution in [2.24, 2.45) is 0 Å². The first kappa shape index (κ1) is 50.4. The molecular formula is H3Li3Mn3O8P2. The van der Waals surface area contributed by atoms with Gasteiger partial charge in [-0.1, -0.05) is 0 Å². The van der Waals surface area contributed by atoms with Crippen LogP contribution in [-0.4, -0.2) is 0 Å². The molecule has 0 aromatic heterocycles. The topological polar surface area (TPSA) is 172 Å². The first-order chi connectivity index (χ1) is 4.00. The fourth-order valence-corrected chi connectivity index (χ4v) is 0. The fourth-order valence-electron chi connectivity index (χ4n) is 0. The van der Waals surface area contributed by atoms with Crippen LogP contribution < -0.4 is 85.9 Å². The van der Waals surface area contributed by atoms with Gasteiger partial charge in [-0.25, -0.2) is 0 Å². The predicted molar refractivity (Wildman–Crippen MR) is 18.5 cm³/mol. The third kappa shape index (κ3) is 378. The fraction of sp³-hybridized carbons (Fsp3) is 0. The molecule has 0 saturated carbocycles. The van der Waals surface area contributed by atoms with Crippen LogP contribution in [0.3, 0.4) is 0 Å². The SMILES string of the molecule is O=P([O-])([O-])[O-].O=P([O-])([O-])[O-].[H-].[H-].[H-].[Li+].[Li+].[Li+].[Mn+2].[Mn+2].[Mn+2]. The van der Waals surface area contributed by atoms with Crippen molar-refractivity contribution < 1.29 is 151 Å². The molecule has 0 heterocycles. The molecular weight excluding hydrogens is 376 g/mol. The summed E-state index contributed by atoms with van der Waals surface area (Å²) in [6.45, 7) is 0. The summed E-state index contributed by atoms with van der Waals surface area (Å²) in [5.41, 5.74) is 0. The molecule has 85 valence electrons. The summed E-state index contributed by atoms with van der Waals surface area (Å²) in [6, 6.07) is 0. The maximum absolute atomic E-state index is 8.55. The monoisotopic (exact) mass is 379 g/mol. The first-order valence-corrected chi connectivity index (χ1v) is 4.38. The van der Waals surface area contributed by atoms with E-state index in [1.807, 2.05) is 0 Å². The molecule has 0 bridgehead atoms. The molecule has 0 aliphatic carbocycles. The van der Waals surface area contributed by atoms with E-state index in [2.05, 4.69) is 0 Å². The summed E-state index contributed by atoms with van der Waals surface area (Å²) in [7, 11) is -10.8. The van der Waals surface area contributed by atoms with Gasteiger partial charge in [0, 0.05) is 0 Å². The van der Waals surface area contributed by atoms with Gasteiger partial charge in [-0.05, 0) is 0 Å². The second kappa shape index (κ2) is 23.6. The molecule has 0 aliphatic rings. The van der Waals surface area contributed by atoms with E-state index < -0.39 is 15.6 Å². The van der Waals surface area contributed by atoms with Gasteiger partial charge in [-0.3, -0.25) is 0 Å². The number of phosphoric acid groups is 2. The molecule has 0 atom stereocenters. The summed E-state index contributed by atoms with van der Waals surface area (Å²) >= 11 is 0. The molecule has 0 fully saturated rings. The van der Waals surface area contributed by atoms with E-state index in [0.717, 1.165) is 0 Å². The number of rotatable bonds is 0. The summed E-state index contributed by atoms with van der Waals surface area (Å²) in [6.07, 6.45) is 0. The minimum absolute atomic E-state index is 0. The molecule has 3 radical (unpaired) electrons. The average Bonchev–Trinajstić information content (AvgIpc) is 1.12. The molecule has 0 saturated heterocycles. The molecule has 8 nitrogen and oxygen atoms in total. The molecule has 0 amide bonds. The molecule has 0 unspecified atom stereocenters. The normalized spacial score (nSPS) is 7.38. The van der Waals surface area contributed by atoms with Gasteiger partial charge in [-0.15, -0.1) is 0 Å². The minimum atomic E-state index is -5.39. The summed E-state index contributed by atoms with van der Waals surface area (Å²) in [5, 5.41) is 0. The Kier molecular flexibility index (Phi) is 74.5. The van der Waals surface area contributed by atoms with Crippen LogP contribution in [0.15, 0.2) is 0 Å². The van der Waals surface area contributed by atoms with Crippen molar-refractivity contribution in [1.29, 1.82) is 0 Å². The van der Waals surface area contributed by atoms with Crippen LogP contribution in [0, 0.1) is 0 Å². The van der Waals surface area contributed by atoms with E-state index in [4.69, 9.17) is 38.5 Å². The van der Waals surface area contributed by atoms with E-state index in [0.29, 0.717) is 0 Å². The second-order valence-electron chi connectivity index (χ2n) is 0.894. The van der Waals surface area contributed by atoms with Crippen molar-refractivity contribution in [2.45, 2.75) is 0 Å². The minimum Gasteiger partial charge on any atom is -1.00 e. The van der Waals surface area contributed by atoms with E-state index >= 15 is 0 Å². The van der Waals surface area contributed by atoms with Gasteiger partial charge in [0.15, 0.2) is 0 Å². The molecule has 0 spiro atoms. The van der Waals surface area contributed by atoms with Gasteiger partial charge < -0.3 is 42.8 Å². The van der Waals surface area contributed by atoms with Gasteiger partial charge in [0.1, 0.15) is 0 Å². The molecule has 16 heavy (non-hydrogen) atoms. The largest absolute Gasteiger partial charge is 2.00 e. The quantitative estimate of drug-likeness (QED) is 0.295. The smallest absolute Gasteiger partial charge is 1.00 e. The third-order valence-corrected chi connectivity index (χ3v) is 0. The van der Waals surface area contributed by atoms with Crippen LogP contribution in [0.2, 0.25) is 0 Å². The predicted octanol–water partition coefficient (Wildman–Crippen LogP) is -14.3. The molecule has 16 heteroatoms. The Morgan fingerprint density at radius 1 is 0.562 bits per heavy atom. The molecule has 0 aromatic rings. The third-order valence-electron chi connectivity index (χ3n) is 0. The molecule has 0 aromatic carbocycles. The van der Waals surface area contributed by atoms with E-state index in [9.17, 15) is 0 Å². The Hall–Kier alpha value is 3.57. The Labute approximate surface area is 164 Å². The standard InChI is InChI=1S/3Li.3Mn.2H3O4P.3H/c;;;;;;2*1-5(2,3)4;;;/h;;;;;;2*(H3,1,2,3,4);;;/q3*+1;3*+2;;;3*-1/p-6. The van der Waals surface area contributed by atoms with Gasteiger partial charge in [0.05, 0.1) is 0 Å². The Morgan fingerprint density at radius 2 is 0.562 bits per heavy atom. The van der Waals surface area contributed by atoms with Crippen molar-refractivity contribution in [3.63, 3.8) is 0 Å². The Morgan fingerprint density at radius 3 is 0.562 bits per heavy atom. The Bertz CT molecular complexity index is 153. The summed E-state index contributed by atoms with van der Waals surface area (Å²) < 4.78 is 17.1. The van der Waals surface area contributed by atoms with Crippen molar-refractivity contribution in [1.82, 2.24) is 0 Å². The van der Waals surface area contributed by atoms with Crippen LogP contribution in [-0.2, 0) is 60.3 Å². The zero-order valence-electron chi connectivity index (χ0n) is 11.3. The average molecular weight is 379 g/mol. The summed E-state index contributed by atoms with van der Waals surface area (Å²) in [5.74, 6) is 0. The zero-order valence-corrected chi connectivity index (χ0v) is 13.6. The Balaban J connectivity index is -0.00000000508. The zero-order chi connectivity index (χ0) is 9.00. The second-order valence-corrected chi connectivity index (χ2v) is 2.68. The molecule has 0 N–H and O–H groups in total. The van der Waals surface area contributed by atoms with Crippen molar-refractivity contribution >= 4 is 15.6 Å². The molecule has 0 aliphatic heterocycles. The van der Waals surface area contributed by atoms with E-state index in [1.54, 1.807) is 0 Å². The maximum atomic E-state index is 8.55. The first-order valence-electron chi connectivity index (χ1n) is 1.46. The van der Waals surface area contributed by atoms with E-state index in [1.165, 1.54) is 0 Å². The van der Waals surface area contributed by atoms with Crippen LogP contribution in [0.25, 0.3) is 0 Å². The van der Waals surface area contributed by atoms with Crippen molar-refractivity contribution in [3.05, 3.63) is 0 Å². The molecule has 0 rings (SSSR count). The van der Waals surface area contributed by atoms with Crippen LogP contribution in [0.1, 0.15) is 4.28 Å². The number of hydrogen-bond acceptors (Lipinski definition) is 8. The van der Waals surface area contributed by atoms with Crippen LogP contribution in [0.5, 0.6) is 0 Å². The van der Waals surface area contributed by atoms with E-state index in [-0.39, 0.29) is 112 Å². The van der Waals surface area contributed by atoms with Crippen molar-refractivity contribution in [2.75, 3.05) is 0 Å². The summed E-state index contributed by atoms with van der Waals surface area (Å²) in [4.78, 5) is 51.3. The number of hydrogen-bond donors (Lipinski definition) is 0.